The third-order valence-electron chi connectivity index (χ3n) is 5.78. The molecule has 0 saturated carbocycles. The molecule has 0 unspecified atom stereocenters. The molecule has 2 aliphatic heterocycles. The van der Waals surface area contributed by atoms with Crippen LogP contribution in [0, 0.1) is 0 Å². The topological polar surface area (TPSA) is 67.8 Å². The maximum atomic E-state index is 12.5. The summed E-state index contributed by atoms with van der Waals surface area (Å²) in [7, 11) is 3.75. The third kappa shape index (κ3) is 4.67. The summed E-state index contributed by atoms with van der Waals surface area (Å²) in [5.41, 5.74) is 2.44. The molecular formula is C22H28N4O3. The normalized spacial score (nSPS) is 17.7. The number of methoxy groups -OCH3 is 1. The zero-order valence-corrected chi connectivity index (χ0v) is 17.1. The van der Waals surface area contributed by atoms with E-state index in [9.17, 15) is 4.79 Å². The summed E-state index contributed by atoms with van der Waals surface area (Å²) < 4.78 is 10.8. The highest BCUT2D eigenvalue weighted by Gasteiger charge is 2.27. The smallest absolute Gasteiger partial charge is 0.260 e. The number of amides is 1. The highest BCUT2D eigenvalue weighted by atomic mass is 16.5. The molecule has 2 aliphatic rings. The van der Waals surface area contributed by atoms with Gasteiger partial charge in [-0.25, -0.2) is 9.97 Å². The van der Waals surface area contributed by atoms with Gasteiger partial charge in [-0.3, -0.25) is 4.79 Å². The molecule has 3 heterocycles. The number of piperidine rings is 1. The molecule has 29 heavy (non-hydrogen) atoms. The molecule has 2 aromatic rings. The summed E-state index contributed by atoms with van der Waals surface area (Å²) >= 11 is 0. The van der Waals surface area contributed by atoms with E-state index in [1.807, 2.05) is 35.4 Å². The van der Waals surface area contributed by atoms with Crippen LogP contribution in [0.25, 0.3) is 0 Å². The van der Waals surface area contributed by atoms with Crippen molar-refractivity contribution >= 4 is 5.91 Å². The Kier molecular flexibility index (Phi) is 5.94. The Morgan fingerprint density at radius 1 is 1.14 bits per heavy atom. The number of carbonyl (C=O) groups excluding carboxylic acids is 1. The summed E-state index contributed by atoms with van der Waals surface area (Å²) in [6, 6.07) is 7.26. The summed E-state index contributed by atoms with van der Waals surface area (Å²) in [5.74, 6) is 2.72. The minimum atomic E-state index is 0.0219. The predicted octanol–water partition coefficient (Wildman–Crippen LogP) is 2.26. The van der Waals surface area contributed by atoms with Crippen LogP contribution in [0.5, 0.6) is 11.5 Å². The number of hydrogen-bond acceptors (Lipinski definition) is 6. The quantitative estimate of drug-likeness (QED) is 0.772. The standard InChI is InChI=1S/C22H28N4O3/c1-25-10-9-20-17(14-25)13-23-22(24-20)16-7-11-26(12-8-16)21(27)15-29-19-5-3-18(28-2)4-6-19/h3-6,13,16H,7-12,14-15H2,1-2H3. The second-order valence-corrected chi connectivity index (χ2v) is 7.81. The number of carbonyl (C=O) groups is 1. The average Bonchev–Trinajstić information content (AvgIpc) is 2.77. The first kappa shape index (κ1) is 19.6. The van der Waals surface area contributed by atoms with E-state index in [0.29, 0.717) is 11.7 Å². The average molecular weight is 396 g/mol. The summed E-state index contributed by atoms with van der Waals surface area (Å²) in [6.07, 6.45) is 4.77. The van der Waals surface area contributed by atoms with Crippen molar-refractivity contribution in [2.75, 3.05) is 40.4 Å². The van der Waals surface area contributed by atoms with Crippen molar-refractivity contribution in [3.05, 3.63) is 47.5 Å². The highest BCUT2D eigenvalue weighted by molar-refractivity contribution is 5.77. The number of likely N-dealkylation sites (N-methyl/N-ethyl adjacent to an activating group) is 1. The lowest BCUT2D eigenvalue weighted by molar-refractivity contribution is -0.134. The van der Waals surface area contributed by atoms with Crippen LogP contribution in [0.15, 0.2) is 30.5 Å². The Bertz CT molecular complexity index is 848. The molecule has 1 fully saturated rings. The van der Waals surface area contributed by atoms with E-state index >= 15 is 0 Å². The number of aromatic nitrogens is 2. The zero-order valence-electron chi connectivity index (χ0n) is 17.1. The Morgan fingerprint density at radius 2 is 1.86 bits per heavy atom. The van der Waals surface area contributed by atoms with Crippen LogP contribution >= 0.6 is 0 Å². The number of benzene rings is 1. The van der Waals surface area contributed by atoms with Gasteiger partial charge in [0.2, 0.25) is 0 Å². The highest BCUT2D eigenvalue weighted by Crippen LogP contribution is 2.27. The zero-order chi connectivity index (χ0) is 20.2. The molecule has 0 bridgehead atoms. The van der Waals surface area contributed by atoms with E-state index in [1.54, 1.807) is 7.11 Å². The molecule has 1 aromatic carbocycles. The Labute approximate surface area is 171 Å². The Hall–Kier alpha value is -2.67. The molecule has 0 atom stereocenters. The van der Waals surface area contributed by atoms with E-state index in [2.05, 4.69) is 16.9 Å². The molecule has 1 saturated heterocycles. The fraction of sp³-hybridized carbons (Fsp3) is 0.500. The molecule has 154 valence electrons. The van der Waals surface area contributed by atoms with Crippen LogP contribution in [0.2, 0.25) is 0 Å². The second-order valence-electron chi connectivity index (χ2n) is 7.81. The van der Waals surface area contributed by atoms with Crippen LogP contribution in [0.1, 0.15) is 35.8 Å². The lowest BCUT2D eigenvalue weighted by Gasteiger charge is -2.32. The third-order valence-corrected chi connectivity index (χ3v) is 5.78. The molecule has 0 radical (unpaired) electrons. The summed E-state index contributed by atoms with van der Waals surface area (Å²) in [5, 5.41) is 0. The minimum absolute atomic E-state index is 0.0219. The number of nitrogens with zero attached hydrogens (tertiary/aromatic N) is 4. The monoisotopic (exact) mass is 396 g/mol. The number of likely N-dealkylation sites (tertiary alicyclic amines) is 1. The van der Waals surface area contributed by atoms with Gasteiger partial charge in [-0.05, 0) is 44.2 Å². The maximum Gasteiger partial charge on any atom is 0.260 e. The second kappa shape index (κ2) is 8.78. The molecule has 0 N–H and O–H groups in total. The van der Waals surface area contributed by atoms with Gasteiger partial charge in [0, 0.05) is 56.0 Å². The van der Waals surface area contributed by atoms with E-state index < -0.39 is 0 Å². The van der Waals surface area contributed by atoms with Gasteiger partial charge in [0.15, 0.2) is 6.61 Å². The first-order valence-electron chi connectivity index (χ1n) is 10.2. The van der Waals surface area contributed by atoms with Crippen molar-refractivity contribution < 1.29 is 14.3 Å². The van der Waals surface area contributed by atoms with Crippen LogP contribution < -0.4 is 9.47 Å². The van der Waals surface area contributed by atoms with Crippen molar-refractivity contribution in [2.24, 2.45) is 0 Å². The number of ether oxygens (including phenoxy) is 2. The van der Waals surface area contributed by atoms with Crippen molar-refractivity contribution in [1.82, 2.24) is 19.8 Å². The molecular weight excluding hydrogens is 368 g/mol. The van der Waals surface area contributed by atoms with Crippen molar-refractivity contribution in [2.45, 2.75) is 31.7 Å². The van der Waals surface area contributed by atoms with Crippen LogP contribution in [-0.2, 0) is 17.8 Å². The molecule has 4 rings (SSSR count). The molecule has 7 heteroatoms. The first-order chi connectivity index (χ1) is 14.1. The lowest BCUT2D eigenvalue weighted by atomic mass is 9.95. The predicted molar refractivity (Wildman–Crippen MR) is 109 cm³/mol. The van der Waals surface area contributed by atoms with E-state index in [-0.39, 0.29) is 12.5 Å². The summed E-state index contributed by atoms with van der Waals surface area (Å²) in [6.45, 7) is 3.47. The lowest BCUT2D eigenvalue weighted by Crippen LogP contribution is -2.40. The van der Waals surface area contributed by atoms with Crippen LogP contribution in [-0.4, -0.2) is 66.1 Å². The molecule has 7 nitrogen and oxygen atoms in total. The SMILES string of the molecule is COc1ccc(OCC(=O)N2CCC(c3ncc4c(n3)CCN(C)C4)CC2)cc1. The maximum absolute atomic E-state index is 12.5. The minimum Gasteiger partial charge on any atom is -0.497 e. The fourth-order valence-electron chi connectivity index (χ4n) is 3.96. The van der Waals surface area contributed by atoms with Crippen molar-refractivity contribution in [3.63, 3.8) is 0 Å². The van der Waals surface area contributed by atoms with Gasteiger partial charge < -0.3 is 19.3 Å². The van der Waals surface area contributed by atoms with Crippen molar-refractivity contribution in [1.29, 1.82) is 0 Å². The van der Waals surface area contributed by atoms with Gasteiger partial charge >= 0.3 is 0 Å². The Morgan fingerprint density at radius 3 is 2.59 bits per heavy atom. The Balaban J connectivity index is 1.28. The molecule has 0 spiro atoms. The van der Waals surface area contributed by atoms with E-state index in [0.717, 1.165) is 57.0 Å². The van der Waals surface area contributed by atoms with Gasteiger partial charge in [-0.1, -0.05) is 0 Å². The van der Waals surface area contributed by atoms with E-state index in [4.69, 9.17) is 14.5 Å². The number of rotatable bonds is 5. The largest absolute Gasteiger partial charge is 0.497 e. The van der Waals surface area contributed by atoms with Gasteiger partial charge in [0.1, 0.15) is 17.3 Å². The number of fused-ring (bicyclic) bond motifs is 1. The van der Waals surface area contributed by atoms with E-state index in [1.165, 1.54) is 11.3 Å². The van der Waals surface area contributed by atoms with Gasteiger partial charge in [-0.2, -0.15) is 0 Å². The summed E-state index contributed by atoms with van der Waals surface area (Å²) in [4.78, 5) is 26.2. The first-order valence-corrected chi connectivity index (χ1v) is 10.2. The number of hydrogen-bond donors (Lipinski definition) is 0. The fourth-order valence-corrected chi connectivity index (χ4v) is 3.96. The van der Waals surface area contributed by atoms with Crippen molar-refractivity contribution in [3.8, 4) is 11.5 Å². The van der Waals surface area contributed by atoms with Crippen LogP contribution in [0.4, 0.5) is 0 Å². The van der Waals surface area contributed by atoms with Gasteiger partial charge in [0.25, 0.3) is 5.91 Å². The molecule has 1 amide bonds. The van der Waals surface area contributed by atoms with Gasteiger partial charge in [-0.15, -0.1) is 0 Å². The molecule has 1 aromatic heterocycles. The van der Waals surface area contributed by atoms with Gasteiger partial charge in [0.05, 0.1) is 7.11 Å². The van der Waals surface area contributed by atoms with Crippen LogP contribution in [0.3, 0.4) is 0 Å². The molecule has 0 aliphatic carbocycles.